The van der Waals surface area contributed by atoms with Crippen LogP contribution in [0, 0.1) is 0 Å². The summed E-state index contributed by atoms with van der Waals surface area (Å²) < 4.78 is 37.7. The summed E-state index contributed by atoms with van der Waals surface area (Å²) >= 11 is 1.69. The summed E-state index contributed by atoms with van der Waals surface area (Å²) in [5.74, 6) is 0.635. The molecule has 0 aliphatic rings. The van der Waals surface area contributed by atoms with E-state index in [2.05, 4.69) is 13.8 Å². The molecule has 0 amide bonds. The lowest BCUT2D eigenvalue weighted by atomic mass is 10.1. The van der Waals surface area contributed by atoms with E-state index >= 15 is 0 Å². The van der Waals surface area contributed by atoms with Crippen LogP contribution in [0.1, 0.15) is 37.4 Å². The van der Waals surface area contributed by atoms with E-state index in [1.807, 2.05) is 0 Å². The Hall–Kier alpha value is -0.680. The fourth-order valence-electron chi connectivity index (χ4n) is 1.43. The molecule has 18 heavy (non-hydrogen) atoms. The van der Waals surface area contributed by atoms with Crippen LogP contribution in [0.4, 0.5) is 13.2 Å². The van der Waals surface area contributed by atoms with Gasteiger partial charge in [0, 0.05) is 17.0 Å². The van der Waals surface area contributed by atoms with E-state index in [-0.39, 0.29) is 6.04 Å². The van der Waals surface area contributed by atoms with Crippen molar-refractivity contribution in [3.8, 4) is 0 Å². The van der Waals surface area contributed by atoms with E-state index in [0.29, 0.717) is 16.6 Å². The third kappa shape index (κ3) is 4.53. The summed E-state index contributed by atoms with van der Waals surface area (Å²) in [5, 5.41) is 0.474. The van der Waals surface area contributed by atoms with E-state index in [4.69, 9.17) is 5.73 Å². The number of thioether (sulfide) groups is 1. The van der Waals surface area contributed by atoms with Crippen molar-refractivity contribution >= 4 is 11.8 Å². The molecule has 1 aromatic rings. The molecule has 0 saturated carbocycles. The zero-order chi connectivity index (χ0) is 13.8. The third-order valence-electron chi connectivity index (χ3n) is 2.78. The molecule has 2 N–H and O–H groups in total. The van der Waals surface area contributed by atoms with Gasteiger partial charge in [0.05, 0.1) is 5.56 Å². The van der Waals surface area contributed by atoms with Crippen LogP contribution in [-0.4, -0.2) is 11.0 Å². The van der Waals surface area contributed by atoms with Gasteiger partial charge in [0.15, 0.2) is 0 Å². The van der Waals surface area contributed by atoms with Crippen LogP contribution in [0.5, 0.6) is 0 Å². The second-order valence-electron chi connectivity index (χ2n) is 4.28. The predicted molar refractivity (Wildman–Crippen MR) is 70.6 cm³/mol. The van der Waals surface area contributed by atoms with Crippen molar-refractivity contribution in [2.45, 2.75) is 37.7 Å². The Morgan fingerprint density at radius 1 is 1.33 bits per heavy atom. The normalized spacial score (nSPS) is 15.4. The van der Waals surface area contributed by atoms with Gasteiger partial charge in [-0.15, -0.1) is 0 Å². The van der Waals surface area contributed by atoms with Gasteiger partial charge in [-0.1, -0.05) is 26.0 Å². The molecule has 0 fully saturated rings. The Labute approximate surface area is 110 Å². The zero-order valence-electron chi connectivity index (χ0n) is 10.5. The van der Waals surface area contributed by atoms with Crippen LogP contribution in [-0.2, 0) is 6.18 Å². The number of hydrogen-bond donors (Lipinski definition) is 1. The maximum absolute atomic E-state index is 12.6. The average Bonchev–Trinajstić information content (AvgIpc) is 2.34. The summed E-state index contributed by atoms with van der Waals surface area (Å²) in [6, 6.07) is 4.91. The monoisotopic (exact) mass is 277 g/mol. The van der Waals surface area contributed by atoms with Crippen molar-refractivity contribution in [3.63, 3.8) is 0 Å². The van der Waals surface area contributed by atoms with Gasteiger partial charge < -0.3 is 5.73 Å². The Morgan fingerprint density at radius 3 is 2.56 bits per heavy atom. The topological polar surface area (TPSA) is 26.0 Å². The molecular formula is C13H18F3NS. The SMILES string of the molecule is CCC(C)SCC(N)c1cccc(C(F)(F)F)c1. The molecule has 1 aromatic carbocycles. The minimum Gasteiger partial charge on any atom is -0.323 e. The first kappa shape index (κ1) is 15.4. The third-order valence-corrected chi connectivity index (χ3v) is 4.23. The van der Waals surface area contributed by atoms with Crippen molar-refractivity contribution in [2.24, 2.45) is 5.73 Å². The highest BCUT2D eigenvalue weighted by Crippen LogP contribution is 2.31. The first-order valence-corrected chi connectivity index (χ1v) is 6.93. The number of alkyl halides is 3. The lowest BCUT2D eigenvalue weighted by Crippen LogP contribution is -2.16. The molecule has 5 heteroatoms. The first-order chi connectivity index (χ1) is 8.34. The van der Waals surface area contributed by atoms with Crippen molar-refractivity contribution in [1.82, 2.24) is 0 Å². The number of hydrogen-bond acceptors (Lipinski definition) is 2. The molecule has 0 heterocycles. The van der Waals surface area contributed by atoms with E-state index in [9.17, 15) is 13.2 Å². The maximum Gasteiger partial charge on any atom is 0.416 e. The lowest BCUT2D eigenvalue weighted by Gasteiger charge is -2.16. The van der Waals surface area contributed by atoms with Crippen molar-refractivity contribution < 1.29 is 13.2 Å². The second kappa shape index (κ2) is 6.48. The Bertz CT molecular complexity index is 379. The van der Waals surface area contributed by atoms with Crippen LogP contribution >= 0.6 is 11.8 Å². The number of halogens is 3. The van der Waals surface area contributed by atoms with Crippen LogP contribution in [0.2, 0.25) is 0 Å². The molecule has 2 atom stereocenters. The number of benzene rings is 1. The standard InChI is InChI=1S/C13H18F3NS/c1-3-9(2)18-8-12(17)10-5-4-6-11(7-10)13(14,15)16/h4-7,9,12H,3,8,17H2,1-2H3. The highest BCUT2D eigenvalue weighted by molar-refractivity contribution is 7.99. The predicted octanol–water partition coefficient (Wildman–Crippen LogP) is 4.24. The van der Waals surface area contributed by atoms with E-state index in [1.54, 1.807) is 17.8 Å². The molecule has 102 valence electrons. The molecule has 2 unspecified atom stereocenters. The molecule has 0 spiro atoms. The van der Waals surface area contributed by atoms with Gasteiger partial charge in [-0.2, -0.15) is 24.9 Å². The second-order valence-corrected chi connectivity index (χ2v) is 5.75. The van der Waals surface area contributed by atoms with Crippen molar-refractivity contribution in [1.29, 1.82) is 0 Å². The van der Waals surface area contributed by atoms with Crippen LogP contribution in [0.3, 0.4) is 0 Å². The summed E-state index contributed by atoms with van der Waals surface area (Å²) in [7, 11) is 0. The molecule has 1 nitrogen and oxygen atoms in total. The molecule has 1 rings (SSSR count). The van der Waals surface area contributed by atoms with Crippen LogP contribution in [0.15, 0.2) is 24.3 Å². The molecule has 0 radical (unpaired) electrons. The van der Waals surface area contributed by atoms with Gasteiger partial charge in [-0.3, -0.25) is 0 Å². The first-order valence-electron chi connectivity index (χ1n) is 5.89. The average molecular weight is 277 g/mol. The van der Waals surface area contributed by atoms with Gasteiger partial charge in [0.2, 0.25) is 0 Å². The summed E-state index contributed by atoms with van der Waals surface area (Å²) in [6.07, 6.45) is -3.28. The fraction of sp³-hybridized carbons (Fsp3) is 0.538. The summed E-state index contributed by atoms with van der Waals surface area (Å²) in [6.45, 7) is 4.16. The van der Waals surface area contributed by atoms with Gasteiger partial charge >= 0.3 is 6.18 Å². The molecular weight excluding hydrogens is 259 g/mol. The van der Waals surface area contributed by atoms with E-state index in [1.165, 1.54) is 6.07 Å². The van der Waals surface area contributed by atoms with E-state index in [0.717, 1.165) is 18.6 Å². The molecule has 0 aliphatic heterocycles. The van der Waals surface area contributed by atoms with E-state index < -0.39 is 11.7 Å². The molecule has 0 aromatic heterocycles. The quantitative estimate of drug-likeness (QED) is 0.871. The van der Waals surface area contributed by atoms with Crippen molar-refractivity contribution in [2.75, 3.05) is 5.75 Å². The minimum atomic E-state index is -4.31. The van der Waals surface area contributed by atoms with Gasteiger partial charge in [0.25, 0.3) is 0 Å². The van der Waals surface area contributed by atoms with Gasteiger partial charge in [-0.05, 0) is 24.1 Å². The summed E-state index contributed by atoms with van der Waals surface area (Å²) in [4.78, 5) is 0. The largest absolute Gasteiger partial charge is 0.416 e. The number of rotatable bonds is 5. The summed E-state index contributed by atoms with van der Waals surface area (Å²) in [5.41, 5.74) is 5.83. The highest BCUT2D eigenvalue weighted by atomic mass is 32.2. The smallest absolute Gasteiger partial charge is 0.323 e. The molecule has 0 bridgehead atoms. The Balaban J connectivity index is 2.71. The highest BCUT2D eigenvalue weighted by Gasteiger charge is 2.30. The van der Waals surface area contributed by atoms with Crippen LogP contribution < -0.4 is 5.73 Å². The minimum absolute atomic E-state index is 0.355. The Kier molecular flexibility index (Phi) is 5.53. The zero-order valence-corrected chi connectivity index (χ0v) is 11.3. The van der Waals surface area contributed by atoms with Gasteiger partial charge in [0.1, 0.15) is 0 Å². The van der Waals surface area contributed by atoms with Crippen LogP contribution in [0.25, 0.3) is 0 Å². The van der Waals surface area contributed by atoms with Crippen molar-refractivity contribution in [3.05, 3.63) is 35.4 Å². The Morgan fingerprint density at radius 2 is 2.00 bits per heavy atom. The fourth-order valence-corrected chi connectivity index (χ4v) is 2.39. The van der Waals surface area contributed by atoms with Gasteiger partial charge in [-0.25, -0.2) is 0 Å². The molecule has 0 aliphatic carbocycles. The maximum atomic E-state index is 12.6. The molecule has 0 saturated heterocycles. The number of nitrogens with two attached hydrogens (primary N) is 1. The lowest BCUT2D eigenvalue weighted by molar-refractivity contribution is -0.137.